The lowest BCUT2D eigenvalue weighted by atomic mass is 10.1. The first-order valence-corrected chi connectivity index (χ1v) is 11.3. The lowest BCUT2D eigenvalue weighted by Crippen LogP contribution is -2.28. The molecule has 0 unspecified atom stereocenters. The summed E-state index contributed by atoms with van der Waals surface area (Å²) in [5, 5.41) is 0.242. The van der Waals surface area contributed by atoms with E-state index in [1.807, 2.05) is 0 Å². The average molecular weight is 530 g/mol. The number of hydrogen-bond acceptors (Lipinski definition) is 8. The summed E-state index contributed by atoms with van der Waals surface area (Å²) in [4.78, 5) is 49.4. The molecule has 1 aromatic rings. The topological polar surface area (TPSA) is 105 Å². The summed E-state index contributed by atoms with van der Waals surface area (Å²) >= 11 is 22.1. The van der Waals surface area contributed by atoms with E-state index >= 15 is 0 Å². The third kappa shape index (κ3) is 8.86. The molecule has 0 saturated heterocycles. The van der Waals surface area contributed by atoms with Crippen LogP contribution in [0.1, 0.15) is 0 Å². The Hall–Kier alpha value is -2.00. The summed E-state index contributed by atoms with van der Waals surface area (Å²) in [5.41, 5.74) is -0.800. The molecule has 0 heterocycles. The van der Waals surface area contributed by atoms with Crippen LogP contribution in [0.4, 0.5) is 0 Å². The zero-order valence-corrected chi connectivity index (χ0v) is 19.8. The third-order valence-corrected chi connectivity index (χ3v) is 4.14. The molecule has 0 saturated carbocycles. The van der Waals surface area contributed by atoms with Crippen LogP contribution < -0.4 is 10.4 Å². The molecule has 0 radical (unpaired) electrons. The average Bonchev–Trinajstić information content (AvgIpc) is 2.79. The second-order valence-corrected chi connectivity index (χ2v) is 7.14. The van der Waals surface area contributed by atoms with Gasteiger partial charge in [-0.05, 0) is 10.4 Å². The molecule has 0 aliphatic carbocycles. The highest BCUT2D eigenvalue weighted by molar-refractivity contribution is 6.37. The minimum atomic E-state index is -0.954. The summed E-state index contributed by atoms with van der Waals surface area (Å²) in [6.07, 6.45) is 0. The number of esters is 4. The van der Waals surface area contributed by atoms with Gasteiger partial charge < -0.3 is 18.9 Å². The van der Waals surface area contributed by atoms with Gasteiger partial charge in [0.05, 0.1) is 23.5 Å². The molecule has 8 nitrogen and oxygen atoms in total. The van der Waals surface area contributed by atoms with Crippen LogP contribution in [-0.4, -0.2) is 73.8 Å². The Morgan fingerprint density at radius 3 is 0.906 bits per heavy atom. The van der Waals surface area contributed by atoms with E-state index in [0.717, 1.165) is 0 Å². The second kappa shape index (κ2) is 15.7. The van der Waals surface area contributed by atoms with E-state index in [1.165, 1.54) is 24.3 Å². The zero-order chi connectivity index (χ0) is 23.9. The number of carbonyl (C=O) groups is 4. The molecule has 176 valence electrons. The van der Waals surface area contributed by atoms with Crippen molar-refractivity contribution in [1.29, 1.82) is 0 Å². The molecular formula is C20H20Cl4O8. The van der Waals surface area contributed by atoms with Crippen molar-refractivity contribution < 1.29 is 38.1 Å². The molecule has 0 aromatic heterocycles. The van der Waals surface area contributed by atoms with Crippen LogP contribution in [0.15, 0.2) is 24.3 Å². The predicted octanol–water partition coefficient (Wildman–Crippen LogP) is 1.12. The molecule has 0 atom stereocenters. The first-order valence-electron chi connectivity index (χ1n) is 9.18. The Labute approximate surface area is 203 Å². The monoisotopic (exact) mass is 528 g/mol. The van der Waals surface area contributed by atoms with Gasteiger partial charge in [0.25, 0.3) is 0 Å². The Morgan fingerprint density at radius 2 is 0.719 bits per heavy atom. The SMILES string of the molecule is O=C(OCCCl)C(C(=O)OCCCl)=c1ccc(=C(C(=O)OCCCl)C(=O)OCCCl)cc1. The summed E-state index contributed by atoms with van der Waals surface area (Å²) in [6.45, 7) is -0.494. The van der Waals surface area contributed by atoms with Crippen molar-refractivity contribution in [3.63, 3.8) is 0 Å². The quantitative estimate of drug-likeness (QED) is 0.172. The van der Waals surface area contributed by atoms with E-state index in [4.69, 9.17) is 65.4 Å². The fourth-order valence-corrected chi connectivity index (χ4v) is 2.56. The Balaban J connectivity index is 3.54. The van der Waals surface area contributed by atoms with Crippen molar-refractivity contribution in [2.24, 2.45) is 0 Å². The first kappa shape index (κ1) is 28.0. The lowest BCUT2D eigenvalue weighted by molar-refractivity contribution is -0.144. The highest BCUT2D eigenvalue weighted by atomic mass is 35.5. The minimum Gasteiger partial charge on any atom is -0.461 e. The first-order chi connectivity index (χ1) is 15.4. The van der Waals surface area contributed by atoms with Gasteiger partial charge in [-0.25, -0.2) is 19.2 Å². The number of rotatable bonds is 12. The molecular weight excluding hydrogens is 510 g/mol. The maximum absolute atomic E-state index is 12.3. The highest BCUT2D eigenvalue weighted by Crippen LogP contribution is 2.05. The Bertz CT molecular complexity index is 790. The normalized spacial score (nSPS) is 10.1. The highest BCUT2D eigenvalue weighted by Gasteiger charge is 2.24. The molecule has 0 aliphatic rings. The number of ether oxygens (including phenoxy) is 4. The molecule has 1 aromatic carbocycles. The van der Waals surface area contributed by atoms with E-state index in [0.29, 0.717) is 0 Å². The largest absolute Gasteiger partial charge is 0.461 e. The molecule has 0 amide bonds. The number of hydrogen-bond donors (Lipinski definition) is 0. The van der Waals surface area contributed by atoms with Crippen LogP contribution >= 0.6 is 46.4 Å². The van der Waals surface area contributed by atoms with Crippen LogP contribution in [-0.2, 0) is 38.1 Å². The van der Waals surface area contributed by atoms with E-state index in [-0.39, 0.29) is 60.4 Å². The Morgan fingerprint density at radius 1 is 0.500 bits per heavy atom. The van der Waals surface area contributed by atoms with Crippen molar-refractivity contribution in [1.82, 2.24) is 0 Å². The lowest BCUT2D eigenvalue weighted by Gasteiger charge is -2.09. The zero-order valence-electron chi connectivity index (χ0n) is 16.7. The van der Waals surface area contributed by atoms with Crippen molar-refractivity contribution in [3.8, 4) is 0 Å². The molecule has 12 heteroatoms. The fourth-order valence-electron chi connectivity index (χ4n) is 2.26. The van der Waals surface area contributed by atoms with Crippen LogP contribution in [0.25, 0.3) is 11.1 Å². The standard InChI is InChI=1S/C20H20Cl4O8/c21-5-9-29-17(25)15(18(26)30-10-6-22)13-1-2-14(4-3-13)16(19(27)31-11-7-23)20(28)32-12-8-24/h1-4H,5-12H2. The van der Waals surface area contributed by atoms with Crippen molar-refractivity contribution in [2.45, 2.75) is 0 Å². The van der Waals surface area contributed by atoms with Gasteiger partial charge in [0.15, 0.2) is 11.1 Å². The van der Waals surface area contributed by atoms with Gasteiger partial charge >= 0.3 is 23.9 Å². The molecule has 0 spiro atoms. The molecule has 1 rings (SSSR count). The van der Waals surface area contributed by atoms with Crippen LogP contribution in [0.3, 0.4) is 0 Å². The van der Waals surface area contributed by atoms with Gasteiger partial charge in [0.1, 0.15) is 26.4 Å². The summed E-state index contributed by atoms with van der Waals surface area (Å²) in [6, 6.07) is 5.33. The summed E-state index contributed by atoms with van der Waals surface area (Å²) < 4.78 is 19.7. The van der Waals surface area contributed by atoms with Gasteiger partial charge in [-0.2, -0.15) is 0 Å². The van der Waals surface area contributed by atoms with E-state index < -0.39 is 35.0 Å². The predicted molar refractivity (Wildman–Crippen MR) is 119 cm³/mol. The molecule has 0 N–H and O–H groups in total. The molecule has 0 bridgehead atoms. The second-order valence-electron chi connectivity index (χ2n) is 5.63. The smallest absolute Gasteiger partial charge is 0.346 e. The van der Waals surface area contributed by atoms with Crippen molar-refractivity contribution in [2.75, 3.05) is 49.9 Å². The summed E-state index contributed by atoms with van der Waals surface area (Å²) in [7, 11) is 0. The minimum absolute atomic E-state index is 0.0296. The van der Waals surface area contributed by atoms with Crippen LogP contribution in [0, 0.1) is 0 Å². The van der Waals surface area contributed by atoms with Gasteiger partial charge in [-0.1, -0.05) is 24.3 Å². The third-order valence-electron chi connectivity index (χ3n) is 3.52. The number of benzene rings is 1. The molecule has 32 heavy (non-hydrogen) atoms. The van der Waals surface area contributed by atoms with Crippen LogP contribution in [0.5, 0.6) is 0 Å². The van der Waals surface area contributed by atoms with Gasteiger partial charge in [-0.3, -0.25) is 0 Å². The summed E-state index contributed by atoms with van der Waals surface area (Å²) in [5.74, 6) is -3.70. The Kier molecular flexibility index (Phi) is 13.8. The number of carbonyl (C=O) groups excluding carboxylic acids is 4. The van der Waals surface area contributed by atoms with E-state index in [1.54, 1.807) is 0 Å². The maximum Gasteiger partial charge on any atom is 0.346 e. The number of alkyl halides is 4. The molecule has 0 aliphatic heterocycles. The van der Waals surface area contributed by atoms with Gasteiger partial charge in [-0.15, -0.1) is 46.4 Å². The van der Waals surface area contributed by atoms with E-state index in [2.05, 4.69) is 0 Å². The fraction of sp³-hybridized carbons (Fsp3) is 0.400. The van der Waals surface area contributed by atoms with E-state index in [9.17, 15) is 19.2 Å². The van der Waals surface area contributed by atoms with Crippen molar-refractivity contribution >= 4 is 81.4 Å². The molecule has 0 fully saturated rings. The maximum atomic E-state index is 12.3. The van der Waals surface area contributed by atoms with Gasteiger partial charge in [0, 0.05) is 0 Å². The van der Waals surface area contributed by atoms with Gasteiger partial charge in [0.2, 0.25) is 0 Å². The van der Waals surface area contributed by atoms with Crippen LogP contribution in [0.2, 0.25) is 0 Å². The van der Waals surface area contributed by atoms with Crippen molar-refractivity contribution in [3.05, 3.63) is 34.7 Å². The number of halogens is 4.